The van der Waals surface area contributed by atoms with Crippen LogP contribution in [0.5, 0.6) is 0 Å². The maximum absolute atomic E-state index is 13.8. The standard InChI is InChI=1S/C15H16FNO/c1-4-15(3,14(17)18)12-5-6-13(16)11-8-9(2)7-10(11)12/h4-7H,1,8H2,2-3H3,(H2,17,18). The van der Waals surface area contributed by atoms with Gasteiger partial charge in [-0.3, -0.25) is 4.79 Å². The summed E-state index contributed by atoms with van der Waals surface area (Å²) in [5, 5.41) is 0. The van der Waals surface area contributed by atoms with Crippen molar-refractivity contribution in [2.24, 2.45) is 5.73 Å². The van der Waals surface area contributed by atoms with Crippen molar-refractivity contribution in [1.29, 1.82) is 0 Å². The lowest BCUT2D eigenvalue weighted by Gasteiger charge is -2.25. The lowest BCUT2D eigenvalue weighted by molar-refractivity contribution is -0.121. The molecule has 1 aromatic rings. The number of primary amides is 1. The zero-order chi connectivity index (χ0) is 13.5. The Kier molecular flexibility index (Phi) is 2.85. The third-order valence-corrected chi connectivity index (χ3v) is 3.63. The van der Waals surface area contributed by atoms with Crippen LogP contribution in [0.15, 0.2) is 30.4 Å². The summed E-state index contributed by atoms with van der Waals surface area (Å²) < 4.78 is 13.8. The van der Waals surface area contributed by atoms with Gasteiger partial charge in [0.15, 0.2) is 0 Å². The molecule has 0 heterocycles. The molecule has 0 saturated heterocycles. The van der Waals surface area contributed by atoms with Crippen molar-refractivity contribution in [2.45, 2.75) is 25.7 Å². The van der Waals surface area contributed by atoms with Gasteiger partial charge >= 0.3 is 0 Å². The SMILES string of the molecule is C=CC(C)(C(N)=O)c1ccc(F)c2c1C=C(C)C2. The lowest BCUT2D eigenvalue weighted by atomic mass is 9.78. The molecule has 1 aromatic carbocycles. The second-order valence-electron chi connectivity index (χ2n) is 4.93. The summed E-state index contributed by atoms with van der Waals surface area (Å²) in [5.74, 6) is -0.720. The molecule has 0 fully saturated rings. The molecule has 2 nitrogen and oxygen atoms in total. The third kappa shape index (κ3) is 1.67. The van der Waals surface area contributed by atoms with E-state index in [2.05, 4.69) is 6.58 Å². The van der Waals surface area contributed by atoms with Crippen molar-refractivity contribution in [2.75, 3.05) is 0 Å². The highest BCUT2D eigenvalue weighted by Gasteiger charge is 2.34. The molecule has 1 atom stereocenters. The fraction of sp³-hybridized carbons (Fsp3) is 0.267. The minimum atomic E-state index is -0.973. The molecule has 0 aliphatic heterocycles. The largest absolute Gasteiger partial charge is 0.369 e. The van der Waals surface area contributed by atoms with Crippen LogP contribution in [0.1, 0.15) is 30.5 Å². The van der Waals surface area contributed by atoms with Crippen LogP contribution in [0.2, 0.25) is 0 Å². The number of fused-ring (bicyclic) bond motifs is 1. The van der Waals surface area contributed by atoms with E-state index in [1.807, 2.05) is 13.0 Å². The molecule has 3 heteroatoms. The number of carbonyl (C=O) groups excluding carboxylic acids is 1. The first-order valence-corrected chi connectivity index (χ1v) is 5.82. The first-order chi connectivity index (χ1) is 8.40. The van der Waals surface area contributed by atoms with Crippen LogP contribution in [0, 0.1) is 5.82 Å². The number of hydrogen-bond donors (Lipinski definition) is 1. The Bertz CT molecular complexity index is 574. The number of hydrogen-bond acceptors (Lipinski definition) is 1. The van der Waals surface area contributed by atoms with Gasteiger partial charge in [0.25, 0.3) is 0 Å². The van der Waals surface area contributed by atoms with Crippen molar-refractivity contribution in [3.63, 3.8) is 0 Å². The quantitative estimate of drug-likeness (QED) is 0.817. The molecule has 0 saturated carbocycles. The molecular formula is C15H16FNO. The molecule has 1 aliphatic carbocycles. The number of amides is 1. The van der Waals surface area contributed by atoms with Crippen LogP contribution >= 0.6 is 0 Å². The predicted molar refractivity (Wildman–Crippen MR) is 70.5 cm³/mol. The van der Waals surface area contributed by atoms with E-state index in [0.717, 1.165) is 16.7 Å². The maximum Gasteiger partial charge on any atom is 0.231 e. The number of halogens is 1. The Hall–Kier alpha value is -1.90. The van der Waals surface area contributed by atoms with Gasteiger partial charge in [0.05, 0.1) is 5.41 Å². The van der Waals surface area contributed by atoms with Crippen LogP contribution in [-0.2, 0) is 16.6 Å². The first-order valence-electron chi connectivity index (χ1n) is 5.82. The zero-order valence-electron chi connectivity index (χ0n) is 10.6. The average Bonchev–Trinajstić information content (AvgIpc) is 2.70. The highest BCUT2D eigenvalue weighted by molar-refractivity contribution is 5.90. The fourth-order valence-corrected chi connectivity index (χ4v) is 2.36. The van der Waals surface area contributed by atoms with Crippen LogP contribution < -0.4 is 5.73 Å². The number of nitrogens with two attached hydrogens (primary N) is 1. The van der Waals surface area contributed by atoms with Crippen molar-refractivity contribution in [1.82, 2.24) is 0 Å². The van der Waals surface area contributed by atoms with E-state index in [-0.39, 0.29) is 5.82 Å². The van der Waals surface area contributed by atoms with Crippen LogP contribution in [0.25, 0.3) is 6.08 Å². The highest BCUT2D eigenvalue weighted by atomic mass is 19.1. The van der Waals surface area contributed by atoms with Gasteiger partial charge in [-0.25, -0.2) is 4.39 Å². The van der Waals surface area contributed by atoms with Gasteiger partial charge in [-0.15, -0.1) is 6.58 Å². The molecule has 2 rings (SSSR count). The molecule has 1 aliphatic rings. The van der Waals surface area contributed by atoms with Crippen molar-refractivity contribution < 1.29 is 9.18 Å². The second-order valence-corrected chi connectivity index (χ2v) is 4.93. The summed E-state index contributed by atoms with van der Waals surface area (Å²) in [6.07, 6.45) is 4.02. The van der Waals surface area contributed by atoms with Gasteiger partial charge in [-0.1, -0.05) is 23.8 Å². The number of benzene rings is 1. The summed E-state index contributed by atoms with van der Waals surface area (Å²) >= 11 is 0. The number of allylic oxidation sites excluding steroid dienone is 1. The molecule has 2 N–H and O–H groups in total. The number of carbonyl (C=O) groups is 1. The molecule has 0 bridgehead atoms. The monoisotopic (exact) mass is 245 g/mol. The summed E-state index contributed by atoms with van der Waals surface area (Å²) in [5.41, 5.74) is 7.69. The fourth-order valence-electron chi connectivity index (χ4n) is 2.36. The minimum Gasteiger partial charge on any atom is -0.369 e. The van der Waals surface area contributed by atoms with Gasteiger partial charge < -0.3 is 5.73 Å². The average molecular weight is 245 g/mol. The summed E-state index contributed by atoms with van der Waals surface area (Å²) in [4.78, 5) is 11.7. The van der Waals surface area contributed by atoms with E-state index >= 15 is 0 Å². The number of rotatable bonds is 3. The molecule has 0 radical (unpaired) electrons. The van der Waals surface area contributed by atoms with Gasteiger partial charge in [0.1, 0.15) is 5.82 Å². The molecule has 1 unspecified atom stereocenters. The topological polar surface area (TPSA) is 43.1 Å². The van der Waals surface area contributed by atoms with Crippen molar-refractivity contribution in [3.8, 4) is 0 Å². The maximum atomic E-state index is 13.8. The van der Waals surface area contributed by atoms with E-state index in [9.17, 15) is 9.18 Å². The molecule has 1 amide bonds. The molecule has 0 aromatic heterocycles. The van der Waals surface area contributed by atoms with Gasteiger partial charge in [-0.05, 0) is 43.0 Å². The van der Waals surface area contributed by atoms with E-state index < -0.39 is 11.3 Å². The Labute approximate surface area is 106 Å². The minimum absolute atomic E-state index is 0.238. The van der Waals surface area contributed by atoms with E-state index in [1.54, 1.807) is 13.0 Å². The second kappa shape index (κ2) is 4.09. The normalized spacial score (nSPS) is 16.7. The molecule has 18 heavy (non-hydrogen) atoms. The van der Waals surface area contributed by atoms with Crippen molar-refractivity contribution in [3.05, 3.63) is 52.9 Å². The Morgan fingerprint density at radius 1 is 1.56 bits per heavy atom. The molecule has 0 spiro atoms. The van der Waals surface area contributed by atoms with E-state index in [4.69, 9.17) is 5.73 Å². The van der Waals surface area contributed by atoms with Crippen LogP contribution in [-0.4, -0.2) is 5.91 Å². The highest BCUT2D eigenvalue weighted by Crippen LogP contribution is 2.36. The van der Waals surface area contributed by atoms with E-state index in [1.165, 1.54) is 12.1 Å². The van der Waals surface area contributed by atoms with Gasteiger partial charge in [0, 0.05) is 0 Å². The van der Waals surface area contributed by atoms with Crippen LogP contribution in [0.3, 0.4) is 0 Å². The first kappa shape index (κ1) is 12.6. The summed E-state index contributed by atoms with van der Waals surface area (Å²) in [6.45, 7) is 7.33. The lowest BCUT2D eigenvalue weighted by Crippen LogP contribution is -2.37. The van der Waals surface area contributed by atoms with E-state index in [0.29, 0.717) is 12.0 Å². The Balaban J connectivity index is 2.71. The van der Waals surface area contributed by atoms with Crippen LogP contribution in [0.4, 0.5) is 4.39 Å². The van der Waals surface area contributed by atoms with Crippen molar-refractivity contribution >= 4 is 12.0 Å². The summed E-state index contributed by atoms with van der Waals surface area (Å²) in [6, 6.07) is 3.01. The predicted octanol–water partition coefficient (Wildman–Crippen LogP) is 2.71. The summed E-state index contributed by atoms with van der Waals surface area (Å²) in [7, 11) is 0. The molecular weight excluding hydrogens is 229 g/mol. The zero-order valence-corrected chi connectivity index (χ0v) is 10.6. The Morgan fingerprint density at radius 2 is 2.22 bits per heavy atom. The smallest absolute Gasteiger partial charge is 0.231 e. The third-order valence-electron chi connectivity index (χ3n) is 3.63. The Morgan fingerprint density at radius 3 is 2.78 bits per heavy atom. The van der Waals surface area contributed by atoms with Gasteiger partial charge in [-0.2, -0.15) is 0 Å². The molecule has 94 valence electrons. The van der Waals surface area contributed by atoms with Gasteiger partial charge in [0.2, 0.25) is 5.91 Å².